The molecule has 1 aliphatic heterocycles. The van der Waals surface area contributed by atoms with Gasteiger partial charge in [-0.1, -0.05) is 59.8 Å². The van der Waals surface area contributed by atoms with Crippen LogP contribution in [0.15, 0.2) is 83.5 Å². The molecule has 3 aromatic rings. The minimum atomic E-state index is -0.278. The summed E-state index contributed by atoms with van der Waals surface area (Å²) >= 11 is 7.62. The van der Waals surface area contributed by atoms with E-state index in [4.69, 9.17) is 16.3 Å². The summed E-state index contributed by atoms with van der Waals surface area (Å²) in [4.78, 5) is 34.9. The third kappa shape index (κ3) is 5.89. The van der Waals surface area contributed by atoms with Gasteiger partial charge in [-0.25, -0.2) is 4.99 Å². The molecule has 0 saturated carbocycles. The number of methoxy groups -OCH3 is 1. The van der Waals surface area contributed by atoms with Crippen molar-refractivity contribution >= 4 is 57.8 Å². The Morgan fingerprint density at radius 3 is 2.43 bits per heavy atom. The van der Waals surface area contributed by atoms with E-state index in [9.17, 15) is 9.59 Å². The summed E-state index contributed by atoms with van der Waals surface area (Å²) in [5.41, 5.74) is 3.32. The topological polar surface area (TPSA) is 62.2 Å². The first-order chi connectivity index (χ1) is 17.8. The molecule has 0 bridgehead atoms. The van der Waals surface area contributed by atoms with E-state index >= 15 is 0 Å². The summed E-state index contributed by atoms with van der Waals surface area (Å²) in [6.45, 7) is 5.81. The highest BCUT2D eigenvalue weighted by Gasteiger charge is 2.34. The molecule has 37 heavy (non-hydrogen) atoms. The van der Waals surface area contributed by atoms with E-state index in [-0.39, 0.29) is 29.3 Å². The van der Waals surface area contributed by atoms with Crippen molar-refractivity contribution < 1.29 is 14.3 Å². The van der Waals surface area contributed by atoms with Gasteiger partial charge in [0.05, 0.1) is 18.6 Å². The number of ether oxygens (including phenoxy) is 1. The minimum absolute atomic E-state index is 0.0283. The maximum atomic E-state index is 13.6. The summed E-state index contributed by atoms with van der Waals surface area (Å²) in [7, 11) is 1.60. The second kappa shape index (κ2) is 11.7. The number of aliphatic imine (C=N–C) groups is 1. The molecule has 3 aromatic carbocycles. The second-order valence-corrected chi connectivity index (χ2v) is 10.1. The van der Waals surface area contributed by atoms with Gasteiger partial charge < -0.3 is 9.64 Å². The van der Waals surface area contributed by atoms with Crippen LogP contribution in [-0.4, -0.2) is 35.9 Å². The number of anilines is 2. The molecule has 0 saturated heterocycles. The molecule has 0 N–H and O–H groups in total. The Labute approximate surface area is 226 Å². The summed E-state index contributed by atoms with van der Waals surface area (Å²) in [5.74, 6) is 0.490. The lowest BCUT2D eigenvalue weighted by Gasteiger charge is -2.27. The molecule has 1 heterocycles. The molecule has 4 rings (SSSR count). The number of halogens is 1. The summed E-state index contributed by atoms with van der Waals surface area (Å²) in [5, 5.41) is 0.980. The van der Waals surface area contributed by atoms with Gasteiger partial charge >= 0.3 is 0 Å². The number of hydrogen-bond donors (Lipinski definition) is 0. The van der Waals surface area contributed by atoms with Crippen molar-refractivity contribution in [2.24, 2.45) is 4.99 Å². The fourth-order valence-corrected chi connectivity index (χ4v) is 5.05. The number of benzene rings is 3. The third-order valence-corrected chi connectivity index (χ3v) is 7.21. The largest absolute Gasteiger partial charge is 0.497 e. The van der Waals surface area contributed by atoms with Crippen LogP contribution in [-0.2, 0) is 9.59 Å². The number of thioether (sulfide) groups is 1. The molecule has 190 valence electrons. The predicted octanol–water partition coefficient (Wildman–Crippen LogP) is 6.58. The molecule has 0 unspecified atom stereocenters. The second-order valence-electron chi connectivity index (χ2n) is 8.70. The predicted molar refractivity (Wildman–Crippen MR) is 154 cm³/mol. The number of carbonyl (C=O) groups is 2. The first kappa shape index (κ1) is 26.5. The average molecular weight is 534 g/mol. The third-order valence-electron chi connectivity index (χ3n) is 5.87. The molecular formula is C29H28ClN3O3S. The molecular weight excluding hydrogens is 506 g/mol. The quantitative estimate of drug-likeness (QED) is 0.322. The number of nitrogens with zero attached hydrogens (tertiary/aromatic N) is 3. The highest BCUT2D eigenvalue weighted by Crippen LogP contribution is 2.34. The van der Waals surface area contributed by atoms with Gasteiger partial charge in [-0.3, -0.25) is 14.5 Å². The first-order valence-electron chi connectivity index (χ1n) is 11.8. The Morgan fingerprint density at radius 1 is 1.08 bits per heavy atom. The smallest absolute Gasteiger partial charge is 0.283 e. The number of rotatable bonds is 7. The van der Waals surface area contributed by atoms with Crippen LogP contribution in [0.1, 0.15) is 25.0 Å². The Bertz CT molecular complexity index is 1350. The average Bonchev–Trinajstić information content (AvgIpc) is 3.20. The Hall–Kier alpha value is -3.55. The standard InChI is InChI=1S/C29H28ClN3O3S/c1-19(2)32(22-9-6-5-7-10-22)27(34)18-37-29-31-25(17-21-13-15-23(36-4)16-14-21)28(35)33(29)26-12-8-11-24(30)20(26)3/h5-17,19H,18H2,1-4H3/b25-17-. The van der Waals surface area contributed by atoms with Gasteiger partial charge in [0.25, 0.3) is 5.91 Å². The molecule has 6 nitrogen and oxygen atoms in total. The van der Waals surface area contributed by atoms with Crippen molar-refractivity contribution in [3.8, 4) is 5.75 Å². The van der Waals surface area contributed by atoms with Crippen molar-refractivity contribution in [1.29, 1.82) is 0 Å². The monoisotopic (exact) mass is 533 g/mol. The van der Waals surface area contributed by atoms with Crippen LogP contribution in [0, 0.1) is 6.92 Å². The number of para-hydroxylation sites is 1. The Morgan fingerprint density at radius 2 is 1.78 bits per heavy atom. The normalized spacial score (nSPS) is 14.3. The SMILES string of the molecule is COc1ccc(/C=C2\N=C(SCC(=O)N(c3ccccc3)C(C)C)N(c3cccc(Cl)c3C)C2=O)cc1. The summed E-state index contributed by atoms with van der Waals surface area (Å²) in [6, 6.07) is 22.3. The van der Waals surface area contributed by atoms with Crippen LogP contribution in [0.4, 0.5) is 11.4 Å². The van der Waals surface area contributed by atoms with E-state index in [0.29, 0.717) is 15.9 Å². The van der Waals surface area contributed by atoms with Crippen molar-refractivity contribution in [3.63, 3.8) is 0 Å². The van der Waals surface area contributed by atoms with E-state index in [1.807, 2.05) is 81.4 Å². The number of amidine groups is 1. The summed E-state index contributed by atoms with van der Waals surface area (Å²) in [6.07, 6.45) is 1.73. The van der Waals surface area contributed by atoms with E-state index in [2.05, 4.69) is 4.99 Å². The Balaban J connectivity index is 1.66. The van der Waals surface area contributed by atoms with Crippen LogP contribution in [0.3, 0.4) is 0 Å². The molecule has 0 aromatic heterocycles. The van der Waals surface area contributed by atoms with Crippen LogP contribution < -0.4 is 14.5 Å². The van der Waals surface area contributed by atoms with Crippen molar-refractivity contribution in [2.75, 3.05) is 22.7 Å². The molecule has 0 radical (unpaired) electrons. The zero-order chi connectivity index (χ0) is 26.5. The van der Waals surface area contributed by atoms with Crippen LogP contribution in [0.2, 0.25) is 5.02 Å². The lowest BCUT2D eigenvalue weighted by molar-refractivity contribution is -0.116. The van der Waals surface area contributed by atoms with Gasteiger partial charge in [0.1, 0.15) is 11.4 Å². The van der Waals surface area contributed by atoms with Gasteiger partial charge in [0.15, 0.2) is 5.17 Å². The van der Waals surface area contributed by atoms with Crippen molar-refractivity contribution in [1.82, 2.24) is 0 Å². The van der Waals surface area contributed by atoms with E-state index in [0.717, 1.165) is 22.6 Å². The number of hydrogen-bond acceptors (Lipinski definition) is 5. The van der Waals surface area contributed by atoms with Gasteiger partial charge in [-0.2, -0.15) is 0 Å². The van der Waals surface area contributed by atoms with Crippen LogP contribution in [0.5, 0.6) is 5.75 Å². The van der Waals surface area contributed by atoms with Gasteiger partial charge in [-0.05, 0) is 74.4 Å². The zero-order valence-electron chi connectivity index (χ0n) is 21.1. The maximum absolute atomic E-state index is 13.6. The van der Waals surface area contributed by atoms with Crippen molar-refractivity contribution in [3.05, 3.63) is 94.6 Å². The number of amides is 2. The lowest BCUT2D eigenvalue weighted by atomic mass is 10.1. The van der Waals surface area contributed by atoms with Crippen molar-refractivity contribution in [2.45, 2.75) is 26.8 Å². The Kier molecular flexibility index (Phi) is 8.36. The highest BCUT2D eigenvalue weighted by atomic mass is 35.5. The fourth-order valence-electron chi connectivity index (χ4n) is 4.02. The molecule has 0 atom stereocenters. The molecule has 1 aliphatic rings. The maximum Gasteiger partial charge on any atom is 0.283 e. The van der Waals surface area contributed by atoms with E-state index in [1.54, 1.807) is 30.2 Å². The van der Waals surface area contributed by atoms with Crippen LogP contribution in [0.25, 0.3) is 6.08 Å². The molecule has 0 fully saturated rings. The van der Waals surface area contributed by atoms with Crippen LogP contribution >= 0.6 is 23.4 Å². The number of carbonyl (C=O) groups excluding carboxylic acids is 2. The van der Waals surface area contributed by atoms with E-state index in [1.165, 1.54) is 16.7 Å². The molecule has 8 heteroatoms. The minimum Gasteiger partial charge on any atom is -0.497 e. The molecule has 2 amide bonds. The lowest BCUT2D eigenvalue weighted by Crippen LogP contribution is -2.39. The first-order valence-corrected chi connectivity index (χ1v) is 13.2. The zero-order valence-corrected chi connectivity index (χ0v) is 22.7. The highest BCUT2D eigenvalue weighted by molar-refractivity contribution is 8.14. The van der Waals surface area contributed by atoms with Gasteiger partial charge in [0.2, 0.25) is 5.91 Å². The summed E-state index contributed by atoms with van der Waals surface area (Å²) < 4.78 is 5.22. The van der Waals surface area contributed by atoms with E-state index < -0.39 is 0 Å². The van der Waals surface area contributed by atoms with Gasteiger partial charge in [0, 0.05) is 16.8 Å². The fraction of sp³-hybridized carbons (Fsp3) is 0.207. The molecule has 0 aliphatic carbocycles. The van der Waals surface area contributed by atoms with Gasteiger partial charge in [-0.15, -0.1) is 0 Å². The molecule has 0 spiro atoms.